The molecule has 1 aliphatic heterocycles. The average Bonchev–Trinajstić information content (AvgIpc) is 3.05. The molecule has 3 aromatic heterocycles. The van der Waals surface area contributed by atoms with Crippen molar-refractivity contribution < 1.29 is 13.9 Å². The van der Waals surface area contributed by atoms with Crippen molar-refractivity contribution in [3.05, 3.63) is 42.4 Å². The van der Waals surface area contributed by atoms with Crippen molar-refractivity contribution in [3.8, 4) is 5.69 Å². The van der Waals surface area contributed by atoms with Crippen LogP contribution in [0, 0.1) is 12.7 Å². The first-order valence-corrected chi connectivity index (χ1v) is 10.7. The lowest BCUT2D eigenvalue weighted by molar-refractivity contribution is 0.0130. The molecule has 0 radical (unpaired) electrons. The second kappa shape index (κ2) is 8.03. The number of rotatable bonds is 2. The van der Waals surface area contributed by atoms with Crippen LogP contribution in [0.1, 0.15) is 40.2 Å². The smallest absolute Gasteiger partial charge is 0.410 e. The van der Waals surface area contributed by atoms with E-state index in [-0.39, 0.29) is 18.2 Å². The summed E-state index contributed by atoms with van der Waals surface area (Å²) in [4.78, 5) is 29.7. The molecule has 4 rings (SSSR count). The second-order valence-electron chi connectivity index (χ2n) is 9.42. The summed E-state index contributed by atoms with van der Waals surface area (Å²) in [5.74, 6) is 0.399. The molecule has 0 saturated carbocycles. The van der Waals surface area contributed by atoms with Crippen LogP contribution < -0.4 is 4.90 Å². The summed E-state index contributed by atoms with van der Waals surface area (Å²) in [7, 11) is 0. The number of aromatic nitrogens is 4. The van der Waals surface area contributed by atoms with E-state index in [2.05, 4.69) is 26.8 Å². The van der Waals surface area contributed by atoms with Gasteiger partial charge in [-0.1, -0.05) is 0 Å². The summed E-state index contributed by atoms with van der Waals surface area (Å²) in [6.45, 7) is 12.8. The van der Waals surface area contributed by atoms with Gasteiger partial charge in [0.25, 0.3) is 0 Å². The summed E-state index contributed by atoms with van der Waals surface area (Å²) < 4.78 is 21.2. The van der Waals surface area contributed by atoms with Crippen LogP contribution >= 0.6 is 0 Å². The van der Waals surface area contributed by atoms with Gasteiger partial charge < -0.3 is 14.5 Å². The van der Waals surface area contributed by atoms with Crippen LogP contribution in [0.2, 0.25) is 0 Å². The monoisotopic (exact) mass is 440 g/mol. The first kappa shape index (κ1) is 22.0. The summed E-state index contributed by atoms with van der Waals surface area (Å²) in [5, 5.41) is 0.904. The van der Waals surface area contributed by atoms with Crippen molar-refractivity contribution in [3.63, 3.8) is 0 Å². The fourth-order valence-electron chi connectivity index (χ4n) is 4.17. The van der Waals surface area contributed by atoms with Gasteiger partial charge in [-0.3, -0.25) is 9.55 Å². The van der Waals surface area contributed by atoms with Crippen LogP contribution in [0.5, 0.6) is 0 Å². The Morgan fingerprint density at radius 3 is 2.59 bits per heavy atom. The Kier molecular flexibility index (Phi) is 5.52. The van der Waals surface area contributed by atoms with Gasteiger partial charge in [-0.15, -0.1) is 0 Å². The second-order valence-corrected chi connectivity index (χ2v) is 9.42. The molecular formula is C23H29FN6O2. The molecule has 1 amide bonds. The third kappa shape index (κ3) is 4.11. The van der Waals surface area contributed by atoms with Crippen LogP contribution in [0.4, 0.5) is 15.0 Å². The Morgan fingerprint density at radius 1 is 1.16 bits per heavy atom. The van der Waals surface area contributed by atoms with E-state index in [0.29, 0.717) is 24.4 Å². The first-order chi connectivity index (χ1) is 15.0. The molecule has 0 aromatic carbocycles. The number of anilines is 1. The summed E-state index contributed by atoms with van der Waals surface area (Å²) in [6.07, 6.45) is 5.93. The fourth-order valence-corrected chi connectivity index (χ4v) is 4.17. The predicted octanol–water partition coefficient (Wildman–Crippen LogP) is 4.10. The third-order valence-corrected chi connectivity index (χ3v) is 5.61. The number of piperazine rings is 1. The molecule has 9 heteroatoms. The molecule has 1 fully saturated rings. The number of amides is 1. The maximum Gasteiger partial charge on any atom is 0.410 e. The highest BCUT2D eigenvalue weighted by molar-refractivity contribution is 5.92. The molecule has 0 aliphatic carbocycles. The number of ether oxygens (including phenoxy) is 1. The Hall–Kier alpha value is -3.23. The van der Waals surface area contributed by atoms with Crippen LogP contribution in [0.3, 0.4) is 0 Å². The van der Waals surface area contributed by atoms with E-state index in [1.807, 2.05) is 45.4 Å². The molecule has 0 spiro atoms. The van der Waals surface area contributed by atoms with Crippen molar-refractivity contribution >= 4 is 22.9 Å². The van der Waals surface area contributed by atoms with Gasteiger partial charge in [0, 0.05) is 37.4 Å². The number of nitrogens with zero attached hydrogens (tertiary/aromatic N) is 6. The quantitative estimate of drug-likeness (QED) is 0.597. The lowest BCUT2D eigenvalue weighted by Crippen LogP contribution is -2.59. The van der Waals surface area contributed by atoms with Crippen LogP contribution in [-0.2, 0) is 4.74 Å². The lowest BCUT2D eigenvalue weighted by atomic mass is 10.1. The van der Waals surface area contributed by atoms with E-state index in [9.17, 15) is 9.18 Å². The van der Waals surface area contributed by atoms with E-state index < -0.39 is 11.4 Å². The zero-order chi connectivity index (χ0) is 23.2. The van der Waals surface area contributed by atoms with Crippen molar-refractivity contribution in [2.24, 2.45) is 0 Å². The molecule has 0 bridgehead atoms. The van der Waals surface area contributed by atoms with E-state index in [0.717, 1.165) is 16.8 Å². The summed E-state index contributed by atoms with van der Waals surface area (Å²) in [6, 6.07) is 1.40. The number of aryl methyl sites for hydroxylation is 1. The number of hydrogen-bond donors (Lipinski definition) is 0. The standard InChI is InChI=1S/C23H29FN6O2/c1-14-10-30(18-7-17(24)8-25-9-18)21-19(14)20(26-13-27-21)28-11-16(3)29(12-15(28)2)22(31)32-23(4,5)6/h7-10,13,15-16H,11-12H2,1-6H3/t15-,16+/m0/s1. The molecule has 0 unspecified atom stereocenters. The minimum absolute atomic E-state index is 0.0235. The normalized spacial score (nSPS) is 19.5. The van der Waals surface area contributed by atoms with Gasteiger partial charge in [0.15, 0.2) is 0 Å². The third-order valence-electron chi connectivity index (χ3n) is 5.61. The van der Waals surface area contributed by atoms with E-state index in [1.54, 1.807) is 11.1 Å². The summed E-state index contributed by atoms with van der Waals surface area (Å²) >= 11 is 0. The number of fused-ring (bicyclic) bond motifs is 1. The zero-order valence-corrected chi connectivity index (χ0v) is 19.3. The fraction of sp³-hybridized carbons (Fsp3) is 0.478. The Morgan fingerprint density at radius 2 is 1.91 bits per heavy atom. The van der Waals surface area contributed by atoms with Crippen LogP contribution in [0.15, 0.2) is 31.0 Å². The minimum Gasteiger partial charge on any atom is -0.444 e. The molecular weight excluding hydrogens is 411 g/mol. The Bertz CT molecular complexity index is 1160. The van der Waals surface area contributed by atoms with Gasteiger partial charge in [-0.25, -0.2) is 19.2 Å². The highest BCUT2D eigenvalue weighted by Crippen LogP contribution is 2.33. The molecule has 32 heavy (non-hydrogen) atoms. The van der Waals surface area contributed by atoms with Crippen LogP contribution in [-0.4, -0.2) is 61.3 Å². The molecule has 0 N–H and O–H groups in total. The molecule has 1 aliphatic rings. The maximum atomic E-state index is 13.8. The SMILES string of the molecule is Cc1cn(-c2cncc(F)c2)c2ncnc(N3C[C@@H](C)N(C(=O)OC(C)(C)C)C[C@@H]3C)c12. The lowest BCUT2D eigenvalue weighted by Gasteiger charge is -2.44. The van der Waals surface area contributed by atoms with Gasteiger partial charge in [0.1, 0.15) is 29.2 Å². The minimum atomic E-state index is -0.540. The van der Waals surface area contributed by atoms with Crippen molar-refractivity contribution in [2.45, 2.75) is 59.2 Å². The number of hydrogen-bond acceptors (Lipinski definition) is 6. The largest absolute Gasteiger partial charge is 0.444 e. The highest BCUT2D eigenvalue weighted by Gasteiger charge is 2.36. The molecule has 3 aromatic rings. The maximum absolute atomic E-state index is 13.8. The summed E-state index contributed by atoms with van der Waals surface area (Å²) in [5.41, 5.74) is 1.73. The van der Waals surface area contributed by atoms with Crippen molar-refractivity contribution in [1.29, 1.82) is 0 Å². The van der Waals surface area contributed by atoms with Gasteiger partial charge in [0.05, 0.1) is 23.5 Å². The number of carbonyl (C=O) groups is 1. The van der Waals surface area contributed by atoms with Crippen molar-refractivity contribution in [1.82, 2.24) is 24.4 Å². The van der Waals surface area contributed by atoms with E-state index in [1.165, 1.54) is 18.6 Å². The van der Waals surface area contributed by atoms with Gasteiger partial charge in [0.2, 0.25) is 0 Å². The number of carbonyl (C=O) groups excluding carboxylic acids is 1. The highest BCUT2D eigenvalue weighted by atomic mass is 19.1. The van der Waals surface area contributed by atoms with Gasteiger partial charge >= 0.3 is 6.09 Å². The number of pyridine rings is 1. The van der Waals surface area contributed by atoms with E-state index >= 15 is 0 Å². The van der Waals surface area contributed by atoms with Crippen molar-refractivity contribution in [2.75, 3.05) is 18.0 Å². The van der Waals surface area contributed by atoms with Gasteiger partial charge in [-0.05, 0) is 47.1 Å². The predicted molar refractivity (Wildman–Crippen MR) is 121 cm³/mol. The molecule has 170 valence electrons. The molecule has 2 atom stereocenters. The topological polar surface area (TPSA) is 76.4 Å². The average molecular weight is 441 g/mol. The zero-order valence-electron chi connectivity index (χ0n) is 19.3. The Balaban J connectivity index is 1.68. The Labute approximate surface area is 187 Å². The molecule has 1 saturated heterocycles. The number of halogens is 1. The van der Waals surface area contributed by atoms with Gasteiger partial charge in [-0.2, -0.15) is 0 Å². The first-order valence-electron chi connectivity index (χ1n) is 10.7. The molecule has 8 nitrogen and oxygen atoms in total. The van der Waals surface area contributed by atoms with Crippen LogP contribution in [0.25, 0.3) is 16.7 Å². The molecule has 4 heterocycles. The van der Waals surface area contributed by atoms with E-state index in [4.69, 9.17) is 4.74 Å².